The number of nitrogens with zero attached hydrogens (tertiary/aromatic N) is 1. The molecule has 1 saturated carbocycles. The Bertz CT molecular complexity index is 615. The highest BCUT2D eigenvalue weighted by molar-refractivity contribution is 9.10. The molecule has 0 saturated heterocycles. The van der Waals surface area contributed by atoms with Crippen LogP contribution in [-0.2, 0) is 10.0 Å². The molecule has 4 N–H and O–H groups in total. The molecule has 8 heteroatoms. The van der Waals surface area contributed by atoms with E-state index in [0.29, 0.717) is 16.9 Å². The van der Waals surface area contributed by atoms with Gasteiger partial charge in [0.25, 0.3) is 0 Å². The summed E-state index contributed by atoms with van der Waals surface area (Å²) in [7, 11) is -3.65. The molecule has 0 unspecified atom stereocenters. The molecule has 1 aromatic rings. The highest BCUT2D eigenvalue weighted by Gasteiger charge is 2.43. The number of pyridine rings is 1. The fourth-order valence-electron chi connectivity index (χ4n) is 1.94. The topological polar surface area (TPSA) is 97.1 Å². The van der Waals surface area contributed by atoms with Gasteiger partial charge >= 0.3 is 0 Å². The van der Waals surface area contributed by atoms with Gasteiger partial charge in [-0.1, -0.05) is 13.8 Å². The van der Waals surface area contributed by atoms with Gasteiger partial charge in [0, 0.05) is 22.8 Å². The average molecular weight is 377 g/mol. The zero-order valence-electron chi connectivity index (χ0n) is 12.2. The molecule has 0 aromatic carbocycles. The van der Waals surface area contributed by atoms with Crippen LogP contribution >= 0.6 is 15.9 Å². The number of rotatable bonds is 7. The summed E-state index contributed by atoms with van der Waals surface area (Å²) in [5.41, 5.74) is 5.56. The van der Waals surface area contributed by atoms with E-state index in [2.05, 4.69) is 44.8 Å². The lowest BCUT2D eigenvalue weighted by atomic mass is 10.2. The molecular weight excluding hydrogens is 356 g/mol. The fraction of sp³-hybridized carbons (Fsp3) is 0.615. The van der Waals surface area contributed by atoms with Gasteiger partial charge in [-0.2, -0.15) is 0 Å². The van der Waals surface area contributed by atoms with Gasteiger partial charge in [0.15, 0.2) is 0 Å². The van der Waals surface area contributed by atoms with E-state index >= 15 is 0 Å². The van der Waals surface area contributed by atoms with Gasteiger partial charge in [-0.05, 0) is 47.3 Å². The SMILES string of the molecule is CC(C)CNC1(CNS(=O)(=O)c2cc(Br)cnc2N)CC1. The lowest BCUT2D eigenvalue weighted by Gasteiger charge is -2.19. The summed E-state index contributed by atoms with van der Waals surface area (Å²) >= 11 is 3.21. The maximum absolute atomic E-state index is 12.3. The van der Waals surface area contributed by atoms with Crippen molar-refractivity contribution in [1.82, 2.24) is 15.0 Å². The van der Waals surface area contributed by atoms with Crippen molar-refractivity contribution in [1.29, 1.82) is 0 Å². The molecule has 0 aliphatic heterocycles. The molecule has 0 radical (unpaired) electrons. The second-order valence-electron chi connectivity index (χ2n) is 5.92. The molecule has 118 valence electrons. The van der Waals surface area contributed by atoms with Gasteiger partial charge in [-0.3, -0.25) is 0 Å². The summed E-state index contributed by atoms with van der Waals surface area (Å²) in [6.07, 6.45) is 3.43. The molecule has 0 atom stereocenters. The Morgan fingerprint density at radius 3 is 2.71 bits per heavy atom. The number of hydrogen-bond acceptors (Lipinski definition) is 5. The van der Waals surface area contributed by atoms with E-state index in [1.54, 1.807) is 0 Å². The predicted molar refractivity (Wildman–Crippen MR) is 86.3 cm³/mol. The van der Waals surface area contributed by atoms with Crippen molar-refractivity contribution in [2.24, 2.45) is 5.92 Å². The third-order valence-electron chi connectivity index (χ3n) is 3.48. The Morgan fingerprint density at radius 2 is 2.14 bits per heavy atom. The number of anilines is 1. The van der Waals surface area contributed by atoms with E-state index in [4.69, 9.17) is 5.73 Å². The number of halogens is 1. The van der Waals surface area contributed by atoms with E-state index in [-0.39, 0.29) is 16.3 Å². The quantitative estimate of drug-likeness (QED) is 0.669. The normalized spacial score (nSPS) is 17.1. The molecular formula is C13H21BrN4O2S. The first-order valence-corrected chi connectivity index (χ1v) is 9.17. The van der Waals surface area contributed by atoms with Crippen molar-refractivity contribution < 1.29 is 8.42 Å². The van der Waals surface area contributed by atoms with Gasteiger partial charge in [0.1, 0.15) is 10.7 Å². The third kappa shape index (κ3) is 4.38. The summed E-state index contributed by atoms with van der Waals surface area (Å²) in [5, 5.41) is 3.44. The molecule has 1 aromatic heterocycles. The zero-order valence-corrected chi connectivity index (χ0v) is 14.6. The molecule has 1 aliphatic carbocycles. The number of sulfonamides is 1. The minimum Gasteiger partial charge on any atom is -0.383 e. The van der Waals surface area contributed by atoms with Gasteiger partial charge in [0.05, 0.1) is 0 Å². The smallest absolute Gasteiger partial charge is 0.244 e. The molecule has 0 amide bonds. The first-order chi connectivity index (χ1) is 9.74. The number of nitrogens with one attached hydrogen (secondary N) is 2. The maximum Gasteiger partial charge on any atom is 0.244 e. The second kappa shape index (κ2) is 6.20. The Morgan fingerprint density at radius 1 is 1.48 bits per heavy atom. The van der Waals surface area contributed by atoms with E-state index in [9.17, 15) is 8.42 Å². The van der Waals surface area contributed by atoms with E-state index in [1.807, 2.05) is 0 Å². The molecule has 1 fully saturated rings. The Hall–Kier alpha value is -0.700. The minimum atomic E-state index is -3.65. The molecule has 21 heavy (non-hydrogen) atoms. The monoisotopic (exact) mass is 376 g/mol. The molecule has 0 bridgehead atoms. The average Bonchev–Trinajstić information content (AvgIpc) is 3.18. The lowest BCUT2D eigenvalue weighted by Crippen LogP contribution is -2.44. The van der Waals surface area contributed by atoms with Crippen LogP contribution in [0.4, 0.5) is 5.82 Å². The maximum atomic E-state index is 12.3. The summed E-state index contributed by atoms with van der Waals surface area (Å²) in [6, 6.07) is 1.46. The molecule has 1 heterocycles. The number of nitrogens with two attached hydrogens (primary N) is 1. The van der Waals surface area contributed by atoms with Crippen molar-refractivity contribution >= 4 is 31.8 Å². The Kier molecular flexibility index (Phi) is 4.92. The van der Waals surface area contributed by atoms with Crippen molar-refractivity contribution in [2.75, 3.05) is 18.8 Å². The zero-order chi connectivity index (χ0) is 15.7. The highest BCUT2D eigenvalue weighted by atomic mass is 79.9. The van der Waals surface area contributed by atoms with Crippen LogP contribution < -0.4 is 15.8 Å². The fourth-order valence-corrected chi connectivity index (χ4v) is 3.66. The van der Waals surface area contributed by atoms with Crippen LogP contribution in [0, 0.1) is 5.92 Å². The molecule has 1 aliphatic rings. The Labute approximate surface area is 134 Å². The van der Waals surface area contributed by atoms with E-state index in [1.165, 1.54) is 12.3 Å². The first-order valence-electron chi connectivity index (χ1n) is 6.90. The van der Waals surface area contributed by atoms with Crippen LogP contribution in [0.3, 0.4) is 0 Å². The molecule has 6 nitrogen and oxygen atoms in total. The van der Waals surface area contributed by atoms with Gasteiger partial charge in [0.2, 0.25) is 10.0 Å². The van der Waals surface area contributed by atoms with Crippen molar-refractivity contribution in [3.63, 3.8) is 0 Å². The molecule has 2 rings (SSSR count). The van der Waals surface area contributed by atoms with Gasteiger partial charge < -0.3 is 11.1 Å². The first kappa shape index (κ1) is 16.7. The standard InChI is InChI=1S/C13H21BrN4O2S/c1-9(2)6-17-13(3-4-13)8-18-21(19,20)11-5-10(14)7-16-12(11)15/h5,7,9,17-18H,3-4,6,8H2,1-2H3,(H2,15,16). The largest absolute Gasteiger partial charge is 0.383 e. The third-order valence-corrected chi connectivity index (χ3v) is 5.34. The number of nitrogen functional groups attached to an aromatic ring is 1. The van der Waals surface area contributed by atoms with Crippen LogP contribution in [0.1, 0.15) is 26.7 Å². The predicted octanol–water partition coefficient (Wildman–Crippen LogP) is 1.48. The number of hydrogen-bond donors (Lipinski definition) is 3. The van der Waals surface area contributed by atoms with Crippen molar-refractivity contribution in [3.05, 3.63) is 16.7 Å². The lowest BCUT2D eigenvalue weighted by molar-refractivity contribution is 0.442. The van der Waals surface area contributed by atoms with Crippen LogP contribution in [0.15, 0.2) is 21.6 Å². The Balaban J connectivity index is 2.03. The van der Waals surface area contributed by atoms with Crippen LogP contribution in [0.5, 0.6) is 0 Å². The molecule has 0 spiro atoms. The van der Waals surface area contributed by atoms with Crippen LogP contribution in [0.2, 0.25) is 0 Å². The van der Waals surface area contributed by atoms with Crippen LogP contribution in [0.25, 0.3) is 0 Å². The summed E-state index contributed by atoms with van der Waals surface area (Å²) < 4.78 is 27.9. The van der Waals surface area contributed by atoms with Gasteiger partial charge in [-0.15, -0.1) is 0 Å². The van der Waals surface area contributed by atoms with E-state index < -0.39 is 10.0 Å². The van der Waals surface area contributed by atoms with E-state index in [0.717, 1.165) is 19.4 Å². The van der Waals surface area contributed by atoms with Crippen LogP contribution in [-0.4, -0.2) is 32.0 Å². The minimum absolute atomic E-state index is 0.00527. The summed E-state index contributed by atoms with van der Waals surface area (Å²) in [6.45, 7) is 5.50. The highest BCUT2D eigenvalue weighted by Crippen LogP contribution is 2.35. The summed E-state index contributed by atoms with van der Waals surface area (Å²) in [5.74, 6) is 0.537. The van der Waals surface area contributed by atoms with Gasteiger partial charge in [-0.25, -0.2) is 18.1 Å². The summed E-state index contributed by atoms with van der Waals surface area (Å²) in [4.78, 5) is 3.87. The number of aromatic nitrogens is 1. The van der Waals surface area contributed by atoms with Crippen molar-refractivity contribution in [3.8, 4) is 0 Å². The second-order valence-corrected chi connectivity index (χ2v) is 8.57. The van der Waals surface area contributed by atoms with Crippen molar-refractivity contribution in [2.45, 2.75) is 37.1 Å².